The summed E-state index contributed by atoms with van der Waals surface area (Å²) in [5.74, 6) is -0.348. The molecular weight excluding hydrogens is 392 g/mol. The zero-order valence-corrected chi connectivity index (χ0v) is 18.0. The molecule has 1 aliphatic carbocycles. The number of likely N-dealkylation sites (N-methyl/N-ethyl adjacent to an activating group) is 1. The van der Waals surface area contributed by atoms with Gasteiger partial charge in [-0.15, -0.1) is 0 Å². The number of amides is 2. The second-order valence-electron chi connectivity index (χ2n) is 7.90. The lowest BCUT2D eigenvalue weighted by Gasteiger charge is -2.18. The van der Waals surface area contributed by atoms with E-state index in [1.165, 1.54) is 11.8 Å². The third-order valence-corrected chi connectivity index (χ3v) is 5.13. The molecule has 0 radical (unpaired) electrons. The van der Waals surface area contributed by atoms with Crippen molar-refractivity contribution in [2.75, 3.05) is 32.5 Å². The Morgan fingerprint density at radius 1 is 1.29 bits per heavy atom. The molecule has 162 valence electrons. The molecular formula is C23H28N6O2. The van der Waals surface area contributed by atoms with Crippen LogP contribution in [0.25, 0.3) is 5.57 Å². The summed E-state index contributed by atoms with van der Waals surface area (Å²) in [7, 11) is 3.93. The maximum absolute atomic E-state index is 12.6. The van der Waals surface area contributed by atoms with Crippen molar-refractivity contribution in [3.05, 3.63) is 53.1 Å². The molecule has 8 heteroatoms. The summed E-state index contributed by atoms with van der Waals surface area (Å²) in [6.45, 7) is 1.39. The van der Waals surface area contributed by atoms with Crippen LogP contribution in [0, 0.1) is 11.3 Å². The van der Waals surface area contributed by atoms with Crippen molar-refractivity contribution in [1.82, 2.24) is 20.2 Å². The number of benzene rings is 1. The number of hydrogen-bond acceptors (Lipinski definition) is 5. The first-order chi connectivity index (χ1) is 15.0. The Labute approximate surface area is 182 Å². The van der Waals surface area contributed by atoms with Crippen LogP contribution in [0.3, 0.4) is 0 Å². The predicted molar refractivity (Wildman–Crippen MR) is 119 cm³/mol. The number of anilines is 1. The number of nitrogens with zero attached hydrogens (tertiary/aromatic N) is 3. The van der Waals surface area contributed by atoms with E-state index < -0.39 is 5.91 Å². The molecule has 31 heavy (non-hydrogen) atoms. The number of carbonyl (C=O) groups is 2. The minimum absolute atomic E-state index is 0.0261. The van der Waals surface area contributed by atoms with Gasteiger partial charge in [0.15, 0.2) is 5.82 Å². The molecule has 3 rings (SSSR count). The van der Waals surface area contributed by atoms with Crippen molar-refractivity contribution in [1.29, 1.82) is 5.26 Å². The Kier molecular flexibility index (Phi) is 7.57. The summed E-state index contributed by atoms with van der Waals surface area (Å²) < 4.78 is 0. The van der Waals surface area contributed by atoms with Crippen LogP contribution in [0.1, 0.15) is 53.1 Å². The smallest absolute Gasteiger partial charge is 0.291 e. The molecule has 0 bridgehead atoms. The molecule has 1 heterocycles. The highest BCUT2D eigenvalue weighted by Crippen LogP contribution is 2.32. The summed E-state index contributed by atoms with van der Waals surface area (Å²) in [6.07, 6.45) is 8.00. The molecule has 0 spiro atoms. The molecule has 0 aliphatic heterocycles. The van der Waals surface area contributed by atoms with E-state index in [0.29, 0.717) is 12.2 Å². The van der Waals surface area contributed by atoms with E-state index in [2.05, 4.69) is 26.7 Å². The fourth-order valence-corrected chi connectivity index (χ4v) is 3.50. The second kappa shape index (κ2) is 10.5. The Bertz CT molecular complexity index is 1020. The lowest BCUT2D eigenvalue weighted by Crippen LogP contribution is -2.32. The summed E-state index contributed by atoms with van der Waals surface area (Å²) in [5, 5.41) is 14.8. The third kappa shape index (κ3) is 6.27. The minimum Gasteiger partial charge on any atom is -0.355 e. The van der Waals surface area contributed by atoms with Crippen molar-refractivity contribution in [2.24, 2.45) is 0 Å². The van der Waals surface area contributed by atoms with E-state index in [0.717, 1.165) is 43.4 Å². The quantitative estimate of drug-likeness (QED) is 0.608. The van der Waals surface area contributed by atoms with E-state index in [1.54, 1.807) is 0 Å². The molecule has 1 aromatic carbocycles. The van der Waals surface area contributed by atoms with Gasteiger partial charge in [0.2, 0.25) is 5.91 Å². The number of carbonyl (C=O) groups excluding carboxylic acids is 2. The standard InChI is InChI=1S/C23H28N6O2/c1-29(2)11-10-25-21(30)13-16-8-9-20(19(12-16)17-6-4-3-5-7-17)28-23(31)22-26-15-18(14-24)27-22/h6,8-9,12,15H,3-5,7,10-11,13H2,1-2H3,(H,25,30)(H,26,27)(H,28,31). The van der Waals surface area contributed by atoms with Crippen LogP contribution in [0.5, 0.6) is 0 Å². The van der Waals surface area contributed by atoms with Crippen molar-refractivity contribution >= 4 is 23.1 Å². The predicted octanol–water partition coefficient (Wildman–Crippen LogP) is 2.71. The third-order valence-electron chi connectivity index (χ3n) is 5.13. The maximum atomic E-state index is 12.6. The first kappa shape index (κ1) is 22.2. The van der Waals surface area contributed by atoms with E-state index in [-0.39, 0.29) is 23.8 Å². The number of allylic oxidation sites excluding steroid dienone is 2. The Morgan fingerprint density at radius 3 is 2.81 bits per heavy atom. The SMILES string of the molecule is CN(C)CCNC(=O)Cc1ccc(NC(=O)c2ncc(C#N)[nH]2)c(C2=CCCCC2)c1. The zero-order chi connectivity index (χ0) is 22.2. The molecule has 0 saturated heterocycles. The Balaban J connectivity index is 1.78. The van der Waals surface area contributed by atoms with E-state index >= 15 is 0 Å². The largest absolute Gasteiger partial charge is 0.355 e. The van der Waals surface area contributed by atoms with Gasteiger partial charge in [-0.1, -0.05) is 12.1 Å². The van der Waals surface area contributed by atoms with Gasteiger partial charge < -0.3 is 20.5 Å². The molecule has 3 N–H and O–H groups in total. The highest BCUT2D eigenvalue weighted by atomic mass is 16.2. The topological polar surface area (TPSA) is 114 Å². The summed E-state index contributed by atoms with van der Waals surface area (Å²) in [4.78, 5) is 33.6. The van der Waals surface area contributed by atoms with Gasteiger partial charge in [0, 0.05) is 24.3 Å². The Hall–Kier alpha value is -3.44. The number of nitriles is 1. The normalized spacial score (nSPS) is 13.4. The van der Waals surface area contributed by atoms with Crippen LogP contribution in [0.15, 0.2) is 30.5 Å². The molecule has 0 fully saturated rings. The average molecular weight is 421 g/mol. The first-order valence-corrected chi connectivity index (χ1v) is 10.5. The number of hydrogen-bond donors (Lipinski definition) is 3. The van der Waals surface area contributed by atoms with E-state index in [1.807, 2.05) is 43.3 Å². The lowest BCUT2D eigenvalue weighted by molar-refractivity contribution is -0.120. The molecule has 0 saturated carbocycles. The van der Waals surface area contributed by atoms with Crippen molar-refractivity contribution in [2.45, 2.75) is 32.1 Å². The summed E-state index contributed by atoms with van der Waals surface area (Å²) >= 11 is 0. The highest BCUT2D eigenvalue weighted by Gasteiger charge is 2.17. The zero-order valence-electron chi connectivity index (χ0n) is 18.0. The Morgan fingerprint density at radius 2 is 2.13 bits per heavy atom. The highest BCUT2D eigenvalue weighted by molar-refractivity contribution is 6.03. The van der Waals surface area contributed by atoms with Gasteiger partial charge in [0.1, 0.15) is 11.8 Å². The van der Waals surface area contributed by atoms with Gasteiger partial charge in [-0.3, -0.25) is 9.59 Å². The molecule has 8 nitrogen and oxygen atoms in total. The molecule has 0 unspecified atom stereocenters. The number of aromatic amines is 1. The van der Waals surface area contributed by atoms with Gasteiger partial charge >= 0.3 is 0 Å². The fourth-order valence-electron chi connectivity index (χ4n) is 3.50. The van der Waals surface area contributed by atoms with E-state index in [9.17, 15) is 9.59 Å². The average Bonchev–Trinajstić information content (AvgIpc) is 3.25. The van der Waals surface area contributed by atoms with Crippen LogP contribution < -0.4 is 10.6 Å². The van der Waals surface area contributed by atoms with Crippen LogP contribution >= 0.6 is 0 Å². The van der Waals surface area contributed by atoms with Gasteiger partial charge in [-0.05, 0) is 63.0 Å². The molecule has 2 amide bonds. The molecule has 2 aromatic rings. The number of aromatic nitrogens is 2. The number of nitrogens with one attached hydrogen (secondary N) is 3. The number of imidazole rings is 1. The van der Waals surface area contributed by atoms with Crippen molar-refractivity contribution in [3.8, 4) is 6.07 Å². The fraction of sp³-hybridized carbons (Fsp3) is 0.391. The first-order valence-electron chi connectivity index (χ1n) is 10.5. The summed E-state index contributed by atoms with van der Waals surface area (Å²) in [6, 6.07) is 7.61. The monoisotopic (exact) mass is 420 g/mol. The van der Waals surface area contributed by atoms with Crippen LogP contribution in [-0.4, -0.2) is 53.9 Å². The van der Waals surface area contributed by atoms with Gasteiger partial charge in [-0.25, -0.2) is 4.98 Å². The van der Waals surface area contributed by atoms with Gasteiger partial charge in [-0.2, -0.15) is 5.26 Å². The van der Waals surface area contributed by atoms with Crippen LogP contribution in [-0.2, 0) is 11.2 Å². The molecule has 1 aromatic heterocycles. The second-order valence-corrected chi connectivity index (χ2v) is 7.90. The van der Waals surface area contributed by atoms with E-state index in [4.69, 9.17) is 5.26 Å². The molecule has 0 atom stereocenters. The summed E-state index contributed by atoms with van der Waals surface area (Å²) in [5.41, 5.74) is 3.90. The van der Waals surface area contributed by atoms with Crippen molar-refractivity contribution < 1.29 is 9.59 Å². The lowest BCUT2D eigenvalue weighted by atomic mass is 9.91. The van der Waals surface area contributed by atoms with Crippen molar-refractivity contribution in [3.63, 3.8) is 0 Å². The van der Waals surface area contributed by atoms with Crippen LogP contribution in [0.4, 0.5) is 5.69 Å². The van der Waals surface area contributed by atoms with Gasteiger partial charge in [0.05, 0.1) is 12.6 Å². The molecule has 1 aliphatic rings. The number of rotatable bonds is 8. The van der Waals surface area contributed by atoms with Gasteiger partial charge in [0.25, 0.3) is 5.91 Å². The maximum Gasteiger partial charge on any atom is 0.291 e. The van der Waals surface area contributed by atoms with Crippen LogP contribution in [0.2, 0.25) is 0 Å². The number of H-pyrrole nitrogens is 1. The minimum atomic E-state index is -0.409.